The van der Waals surface area contributed by atoms with E-state index in [1.54, 1.807) is 0 Å². The second-order valence-corrected chi connectivity index (χ2v) is 5.75. The smallest absolute Gasteiger partial charge is 0.220 e. The average Bonchev–Trinajstić information content (AvgIpc) is 2.73. The van der Waals surface area contributed by atoms with Gasteiger partial charge in [-0.1, -0.05) is 18.2 Å². The predicted octanol–water partition coefficient (Wildman–Crippen LogP) is 2.08. The Morgan fingerprint density at radius 3 is 3.10 bits per heavy atom. The third-order valence-electron chi connectivity index (χ3n) is 4.20. The van der Waals surface area contributed by atoms with Crippen molar-refractivity contribution in [2.45, 2.75) is 44.7 Å². The quantitative estimate of drug-likeness (QED) is 0.887. The number of para-hydroxylation sites is 1. The van der Waals surface area contributed by atoms with Gasteiger partial charge in [0.25, 0.3) is 0 Å². The van der Waals surface area contributed by atoms with Gasteiger partial charge < -0.3 is 15.4 Å². The van der Waals surface area contributed by atoms with Crippen molar-refractivity contribution in [2.75, 3.05) is 13.2 Å². The van der Waals surface area contributed by atoms with Gasteiger partial charge in [0, 0.05) is 30.6 Å². The molecule has 2 unspecified atom stereocenters. The Balaban J connectivity index is 1.70. The molecule has 1 aromatic carbocycles. The largest absolute Gasteiger partial charge is 0.493 e. The predicted molar refractivity (Wildman–Crippen MR) is 77.8 cm³/mol. The second kappa shape index (κ2) is 5.83. The Bertz CT molecular complexity index is 501. The summed E-state index contributed by atoms with van der Waals surface area (Å²) in [5.41, 5.74) is 2.46. The SMILES string of the molecule is Cc1cccc2c1OCCCC2NCC1CCC(=O)N1. The van der Waals surface area contributed by atoms with E-state index in [-0.39, 0.29) is 11.9 Å². The number of carbonyl (C=O) groups excluding carboxylic acids is 1. The van der Waals surface area contributed by atoms with Crippen LogP contribution in [-0.2, 0) is 4.79 Å². The number of benzene rings is 1. The van der Waals surface area contributed by atoms with E-state index in [4.69, 9.17) is 4.74 Å². The molecule has 3 rings (SSSR count). The molecular weight excluding hydrogens is 252 g/mol. The zero-order chi connectivity index (χ0) is 13.9. The van der Waals surface area contributed by atoms with Crippen molar-refractivity contribution in [2.24, 2.45) is 0 Å². The summed E-state index contributed by atoms with van der Waals surface area (Å²) in [6.07, 6.45) is 3.74. The number of aryl methyl sites for hydroxylation is 1. The van der Waals surface area contributed by atoms with Crippen molar-refractivity contribution in [1.29, 1.82) is 0 Å². The molecule has 108 valence electrons. The number of hydrogen-bond acceptors (Lipinski definition) is 3. The zero-order valence-electron chi connectivity index (χ0n) is 11.9. The minimum Gasteiger partial charge on any atom is -0.493 e. The summed E-state index contributed by atoms with van der Waals surface area (Å²) in [6.45, 7) is 3.72. The van der Waals surface area contributed by atoms with Crippen LogP contribution in [0.25, 0.3) is 0 Å². The number of carbonyl (C=O) groups is 1. The molecule has 20 heavy (non-hydrogen) atoms. The number of ether oxygens (including phenoxy) is 1. The fourth-order valence-corrected chi connectivity index (χ4v) is 3.09. The molecule has 2 aliphatic rings. The molecule has 0 aliphatic carbocycles. The molecule has 0 saturated carbocycles. The number of amides is 1. The normalized spacial score (nSPS) is 25.6. The molecule has 1 amide bonds. The standard InChI is InChI=1S/C16H22N2O2/c1-11-4-2-5-13-14(6-3-9-20-16(11)13)17-10-12-7-8-15(19)18-12/h2,4-5,12,14,17H,3,6-10H2,1H3,(H,18,19). The monoisotopic (exact) mass is 274 g/mol. The molecule has 1 aromatic rings. The summed E-state index contributed by atoms with van der Waals surface area (Å²) in [4.78, 5) is 11.2. The van der Waals surface area contributed by atoms with Gasteiger partial charge in [-0.2, -0.15) is 0 Å². The number of rotatable bonds is 3. The van der Waals surface area contributed by atoms with Crippen molar-refractivity contribution < 1.29 is 9.53 Å². The molecule has 0 spiro atoms. The third-order valence-corrected chi connectivity index (χ3v) is 4.20. The van der Waals surface area contributed by atoms with Gasteiger partial charge in [0.15, 0.2) is 0 Å². The van der Waals surface area contributed by atoms with Crippen LogP contribution < -0.4 is 15.4 Å². The summed E-state index contributed by atoms with van der Waals surface area (Å²) in [7, 11) is 0. The summed E-state index contributed by atoms with van der Waals surface area (Å²) in [5.74, 6) is 1.22. The van der Waals surface area contributed by atoms with E-state index in [1.807, 2.05) is 0 Å². The van der Waals surface area contributed by atoms with Crippen LogP contribution in [0.5, 0.6) is 5.75 Å². The van der Waals surface area contributed by atoms with Gasteiger partial charge in [-0.25, -0.2) is 0 Å². The maximum atomic E-state index is 11.2. The lowest BCUT2D eigenvalue weighted by molar-refractivity contribution is -0.119. The van der Waals surface area contributed by atoms with Crippen LogP contribution in [0.3, 0.4) is 0 Å². The first kappa shape index (κ1) is 13.4. The Hall–Kier alpha value is -1.55. The van der Waals surface area contributed by atoms with Crippen molar-refractivity contribution in [3.05, 3.63) is 29.3 Å². The van der Waals surface area contributed by atoms with Crippen LogP contribution in [0.4, 0.5) is 0 Å². The highest BCUT2D eigenvalue weighted by Gasteiger charge is 2.24. The van der Waals surface area contributed by atoms with Gasteiger partial charge in [-0.3, -0.25) is 4.79 Å². The van der Waals surface area contributed by atoms with E-state index < -0.39 is 0 Å². The molecule has 2 heterocycles. The molecule has 2 N–H and O–H groups in total. The highest BCUT2D eigenvalue weighted by atomic mass is 16.5. The van der Waals surface area contributed by atoms with E-state index in [0.717, 1.165) is 38.2 Å². The van der Waals surface area contributed by atoms with Gasteiger partial charge in [-0.15, -0.1) is 0 Å². The molecule has 4 nitrogen and oxygen atoms in total. The minimum atomic E-state index is 0.178. The molecular formula is C16H22N2O2. The van der Waals surface area contributed by atoms with Gasteiger partial charge in [-0.05, 0) is 31.7 Å². The van der Waals surface area contributed by atoms with Crippen LogP contribution in [0.15, 0.2) is 18.2 Å². The molecule has 1 fully saturated rings. The average molecular weight is 274 g/mol. The molecule has 1 saturated heterocycles. The Labute approximate surface area is 119 Å². The van der Waals surface area contributed by atoms with E-state index in [2.05, 4.69) is 35.8 Å². The number of hydrogen-bond donors (Lipinski definition) is 2. The van der Waals surface area contributed by atoms with Crippen molar-refractivity contribution in [3.63, 3.8) is 0 Å². The van der Waals surface area contributed by atoms with E-state index in [1.165, 1.54) is 11.1 Å². The first-order valence-corrected chi connectivity index (χ1v) is 7.49. The fourth-order valence-electron chi connectivity index (χ4n) is 3.09. The van der Waals surface area contributed by atoms with Crippen LogP contribution in [0.2, 0.25) is 0 Å². The maximum absolute atomic E-state index is 11.2. The topological polar surface area (TPSA) is 50.4 Å². The fraction of sp³-hybridized carbons (Fsp3) is 0.562. The summed E-state index contributed by atoms with van der Waals surface area (Å²) < 4.78 is 5.89. The minimum absolute atomic E-state index is 0.178. The number of fused-ring (bicyclic) bond motifs is 1. The lowest BCUT2D eigenvalue weighted by atomic mass is 9.99. The Morgan fingerprint density at radius 1 is 1.40 bits per heavy atom. The first-order chi connectivity index (χ1) is 9.74. The molecule has 4 heteroatoms. The third kappa shape index (κ3) is 2.80. The van der Waals surface area contributed by atoms with Crippen LogP contribution in [0.1, 0.15) is 42.9 Å². The molecule has 2 atom stereocenters. The molecule has 0 bridgehead atoms. The van der Waals surface area contributed by atoms with Gasteiger partial charge in [0.1, 0.15) is 5.75 Å². The van der Waals surface area contributed by atoms with E-state index in [9.17, 15) is 4.79 Å². The van der Waals surface area contributed by atoms with Gasteiger partial charge >= 0.3 is 0 Å². The maximum Gasteiger partial charge on any atom is 0.220 e. The lowest BCUT2D eigenvalue weighted by Gasteiger charge is -2.21. The summed E-state index contributed by atoms with van der Waals surface area (Å²) >= 11 is 0. The highest BCUT2D eigenvalue weighted by Crippen LogP contribution is 2.33. The first-order valence-electron chi connectivity index (χ1n) is 7.49. The van der Waals surface area contributed by atoms with Crippen molar-refractivity contribution in [3.8, 4) is 5.75 Å². The van der Waals surface area contributed by atoms with Gasteiger partial charge in [0.05, 0.1) is 6.61 Å². The highest BCUT2D eigenvalue weighted by molar-refractivity contribution is 5.78. The van der Waals surface area contributed by atoms with Crippen molar-refractivity contribution in [1.82, 2.24) is 10.6 Å². The zero-order valence-corrected chi connectivity index (χ0v) is 11.9. The second-order valence-electron chi connectivity index (χ2n) is 5.75. The van der Waals surface area contributed by atoms with E-state index in [0.29, 0.717) is 12.5 Å². The molecule has 0 aromatic heterocycles. The summed E-state index contributed by atoms with van der Waals surface area (Å²) in [5, 5.41) is 6.62. The van der Waals surface area contributed by atoms with Crippen molar-refractivity contribution >= 4 is 5.91 Å². The van der Waals surface area contributed by atoms with Crippen LogP contribution in [-0.4, -0.2) is 25.1 Å². The molecule has 0 radical (unpaired) electrons. The Kier molecular flexibility index (Phi) is 3.92. The van der Waals surface area contributed by atoms with Gasteiger partial charge in [0.2, 0.25) is 5.91 Å². The lowest BCUT2D eigenvalue weighted by Crippen LogP contribution is -2.37. The van der Waals surface area contributed by atoms with Crippen LogP contribution >= 0.6 is 0 Å². The number of nitrogens with one attached hydrogen (secondary N) is 2. The van der Waals surface area contributed by atoms with Crippen LogP contribution in [0, 0.1) is 6.92 Å². The Morgan fingerprint density at radius 2 is 2.30 bits per heavy atom. The van der Waals surface area contributed by atoms with E-state index >= 15 is 0 Å². The summed E-state index contributed by atoms with van der Waals surface area (Å²) in [6, 6.07) is 6.94. The molecule has 2 aliphatic heterocycles.